The molecule has 0 bridgehead atoms. The molecule has 1 N–H and O–H groups in total. The van der Waals surface area contributed by atoms with Gasteiger partial charge in [-0.15, -0.1) is 0 Å². The number of hydrogen-bond acceptors (Lipinski definition) is 3. The van der Waals surface area contributed by atoms with Crippen LogP contribution in [-0.4, -0.2) is 51.3 Å². The molecule has 2 amide bonds. The molecule has 0 saturated carbocycles. The number of aryl methyl sites for hydroxylation is 2. The molecule has 1 aliphatic heterocycles. The highest BCUT2D eigenvalue weighted by molar-refractivity contribution is 5.77. The van der Waals surface area contributed by atoms with Gasteiger partial charge in [0.2, 0.25) is 11.8 Å². The van der Waals surface area contributed by atoms with E-state index in [9.17, 15) is 22.8 Å². The summed E-state index contributed by atoms with van der Waals surface area (Å²) in [6.45, 7) is 1.19. The van der Waals surface area contributed by atoms with Crippen molar-refractivity contribution in [1.82, 2.24) is 20.0 Å². The lowest BCUT2D eigenvalue weighted by molar-refractivity contribution is -0.197. The van der Waals surface area contributed by atoms with Gasteiger partial charge >= 0.3 is 6.18 Å². The van der Waals surface area contributed by atoms with Crippen molar-refractivity contribution in [3.63, 3.8) is 0 Å². The Morgan fingerprint density at radius 2 is 2.08 bits per heavy atom. The van der Waals surface area contributed by atoms with Crippen LogP contribution < -0.4 is 5.32 Å². The third kappa shape index (κ3) is 4.72. The van der Waals surface area contributed by atoms with Crippen molar-refractivity contribution < 1.29 is 22.8 Å². The summed E-state index contributed by atoms with van der Waals surface area (Å²) >= 11 is 0. The van der Waals surface area contributed by atoms with Crippen LogP contribution in [0, 0.1) is 0 Å². The number of nitrogens with one attached hydrogen (secondary N) is 1. The van der Waals surface area contributed by atoms with E-state index in [0.717, 1.165) is 10.5 Å². The minimum Gasteiger partial charge on any atom is -0.352 e. The third-order valence-electron chi connectivity index (χ3n) is 4.07. The molecular formula is C15H21F3N4O2. The fraction of sp³-hybridized carbons (Fsp3) is 0.667. The second kappa shape index (κ2) is 7.23. The predicted octanol–water partition coefficient (Wildman–Crippen LogP) is 1.41. The van der Waals surface area contributed by atoms with Crippen molar-refractivity contribution >= 4 is 11.8 Å². The normalized spacial score (nSPS) is 21.6. The SMILES string of the molecule is CC(=O)N[C@@H]1CC[C@@H](C(F)(F)F)N(C(=O)CCc2cnn(C)c2)C1. The van der Waals surface area contributed by atoms with Crippen molar-refractivity contribution in [3.05, 3.63) is 18.0 Å². The molecule has 0 unspecified atom stereocenters. The maximum absolute atomic E-state index is 13.2. The molecule has 134 valence electrons. The van der Waals surface area contributed by atoms with Crippen LogP contribution in [0.1, 0.15) is 31.7 Å². The third-order valence-corrected chi connectivity index (χ3v) is 4.07. The van der Waals surface area contributed by atoms with Gasteiger partial charge in [0, 0.05) is 39.2 Å². The number of nitrogens with zero attached hydrogens (tertiary/aromatic N) is 3. The Bertz CT molecular complexity index is 600. The van der Waals surface area contributed by atoms with Crippen LogP contribution in [0.25, 0.3) is 0 Å². The molecule has 0 spiro atoms. The molecule has 1 saturated heterocycles. The average molecular weight is 346 g/mol. The number of piperidine rings is 1. The number of likely N-dealkylation sites (tertiary alicyclic amines) is 1. The molecule has 24 heavy (non-hydrogen) atoms. The summed E-state index contributed by atoms with van der Waals surface area (Å²) in [6.07, 6.45) is -0.840. The summed E-state index contributed by atoms with van der Waals surface area (Å²) in [6, 6.07) is -2.23. The number of aromatic nitrogens is 2. The fourth-order valence-corrected chi connectivity index (χ4v) is 2.99. The first-order chi connectivity index (χ1) is 11.2. The zero-order valence-corrected chi connectivity index (χ0v) is 13.6. The average Bonchev–Trinajstić information content (AvgIpc) is 2.88. The lowest BCUT2D eigenvalue weighted by Gasteiger charge is -2.40. The highest BCUT2D eigenvalue weighted by Crippen LogP contribution is 2.32. The Labute approximate surface area is 138 Å². The van der Waals surface area contributed by atoms with Crippen LogP contribution in [0.5, 0.6) is 0 Å². The zero-order valence-electron chi connectivity index (χ0n) is 13.6. The van der Waals surface area contributed by atoms with Crippen molar-refractivity contribution in [2.45, 2.75) is 50.9 Å². The van der Waals surface area contributed by atoms with Gasteiger partial charge in [0.15, 0.2) is 0 Å². The molecule has 2 rings (SSSR count). The molecule has 0 radical (unpaired) electrons. The van der Waals surface area contributed by atoms with Crippen LogP contribution in [0.4, 0.5) is 13.2 Å². The van der Waals surface area contributed by atoms with Gasteiger partial charge in [0.25, 0.3) is 0 Å². The fourth-order valence-electron chi connectivity index (χ4n) is 2.99. The van der Waals surface area contributed by atoms with Gasteiger partial charge in [-0.3, -0.25) is 14.3 Å². The molecule has 1 fully saturated rings. The number of amides is 2. The molecule has 1 aromatic rings. The minimum atomic E-state index is -4.47. The van der Waals surface area contributed by atoms with Crippen LogP contribution in [0.2, 0.25) is 0 Å². The molecule has 6 nitrogen and oxygen atoms in total. The van der Waals surface area contributed by atoms with Gasteiger partial charge in [0.05, 0.1) is 6.20 Å². The molecule has 0 aromatic carbocycles. The summed E-state index contributed by atoms with van der Waals surface area (Å²) in [5.41, 5.74) is 0.796. The van der Waals surface area contributed by atoms with Gasteiger partial charge in [-0.25, -0.2) is 0 Å². The summed E-state index contributed by atoms with van der Waals surface area (Å²) in [5, 5.41) is 6.57. The molecule has 0 aliphatic carbocycles. The van der Waals surface area contributed by atoms with Gasteiger partial charge in [0.1, 0.15) is 6.04 Å². The Hall–Kier alpha value is -2.06. The van der Waals surface area contributed by atoms with Gasteiger partial charge < -0.3 is 10.2 Å². The number of rotatable bonds is 4. The second-order valence-electron chi connectivity index (χ2n) is 6.10. The van der Waals surface area contributed by atoms with E-state index in [0.29, 0.717) is 6.42 Å². The van der Waals surface area contributed by atoms with E-state index in [-0.39, 0.29) is 31.7 Å². The van der Waals surface area contributed by atoms with Crippen LogP contribution in [0.3, 0.4) is 0 Å². The summed E-state index contributed by atoms with van der Waals surface area (Å²) in [5.74, 6) is -0.871. The van der Waals surface area contributed by atoms with Gasteiger partial charge in [-0.2, -0.15) is 18.3 Å². The first-order valence-corrected chi connectivity index (χ1v) is 7.77. The van der Waals surface area contributed by atoms with Crippen molar-refractivity contribution in [3.8, 4) is 0 Å². The van der Waals surface area contributed by atoms with E-state index < -0.39 is 24.2 Å². The summed E-state index contributed by atoms with van der Waals surface area (Å²) in [7, 11) is 1.73. The molecule has 1 aromatic heterocycles. The number of carbonyl (C=O) groups is 2. The topological polar surface area (TPSA) is 67.2 Å². The van der Waals surface area contributed by atoms with Crippen LogP contribution in [-0.2, 0) is 23.1 Å². The monoisotopic (exact) mass is 346 g/mol. The lowest BCUT2D eigenvalue weighted by atomic mass is 9.96. The number of hydrogen-bond donors (Lipinski definition) is 1. The Morgan fingerprint density at radius 1 is 1.38 bits per heavy atom. The van der Waals surface area contributed by atoms with Gasteiger partial charge in [-0.1, -0.05) is 0 Å². The summed E-state index contributed by atoms with van der Waals surface area (Å²) in [4.78, 5) is 24.3. The molecule has 2 heterocycles. The van der Waals surface area contributed by atoms with E-state index in [1.54, 1.807) is 24.1 Å². The molecule has 9 heteroatoms. The highest BCUT2D eigenvalue weighted by Gasteiger charge is 2.47. The van der Waals surface area contributed by atoms with Gasteiger partial charge in [-0.05, 0) is 24.8 Å². The largest absolute Gasteiger partial charge is 0.408 e. The Kier molecular flexibility index (Phi) is 5.51. The maximum atomic E-state index is 13.2. The second-order valence-corrected chi connectivity index (χ2v) is 6.10. The predicted molar refractivity (Wildman–Crippen MR) is 79.9 cm³/mol. The first-order valence-electron chi connectivity index (χ1n) is 7.77. The van der Waals surface area contributed by atoms with E-state index in [1.165, 1.54) is 6.92 Å². The quantitative estimate of drug-likeness (QED) is 0.896. The smallest absolute Gasteiger partial charge is 0.352 e. The Balaban J connectivity index is 2.04. The molecular weight excluding hydrogens is 325 g/mol. The Morgan fingerprint density at radius 3 is 2.62 bits per heavy atom. The van der Waals surface area contributed by atoms with Crippen molar-refractivity contribution in [2.24, 2.45) is 7.05 Å². The molecule has 2 atom stereocenters. The van der Waals surface area contributed by atoms with Crippen LogP contribution >= 0.6 is 0 Å². The maximum Gasteiger partial charge on any atom is 0.408 e. The summed E-state index contributed by atoms with van der Waals surface area (Å²) < 4.78 is 41.2. The lowest BCUT2D eigenvalue weighted by Crippen LogP contribution is -2.58. The standard InChI is InChI=1S/C15H21F3N4O2/c1-10(23)20-12-4-5-13(15(16,17)18)22(9-12)14(24)6-3-11-7-19-21(2)8-11/h7-8,12-13H,3-6,9H2,1-2H3,(H,20,23)/t12-,13+/m1/s1. The number of alkyl halides is 3. The van der Waals surface area contributed by atoms with E-state index >= 15 is 0 Å². The first kappa shape index (κ1) is 18.3. The van der Waals surface area contributed by atoms with Crippen molar-refractivity contribution in [2.75, 3.05) is 6.54 Å². The van der Waals surface area contributed by atoms with E-state index in [4.69, 9.17) is 0 Å². The van der Waals surface area contributed by atoms with E-state index in [1.807, 2.05) is 0 Å². The zero-order chi connectivity index (χ0) is 17.9. The minimum absolute atomic E-state index is 0.0228. The number of halogens is 3. The van der Waals surface area contributed by atoms with Crippen molar-refractivity contribution in [1.29, 1.82) is 0 Å². The highest BCUT2D eigenvalue weighted by atomic mass is 19.4. The van der Waals surface area contributed by atoms with Crippen LogP contribution in [0.15, 0.2) is 12.4 Å². The number of carbonyl (C=O) groups excluding carboxylic acids is 2. The van der Waals surface area contributed by atoms with E-state index in [2.05, 4.69) is 10.4 Å². The molecule has 1 aliphatic rings.